The van der Waals surface area contributed by atoms with Gasteiger partial charge in [0.05, 0.1) is 18.6 Å². The van der Waals surface area contributed by atoms with Crippen LogP contribution >= 0.6 is 0 Å². The summed E-state index contributed by atoms with van der Waals surface area (Å²) in [4.78, 5) is 29.3. The van der Waals surface area contributed by atoms with Crippen molar-refractivity contribution in [1.82, 2.24) is 9.80 Å². The second kappa shape index (κ2) is 11.2. The Kier molecular flexibility index (Phi) is 8.34. The number of nitro groups is 1. The number of unbranched alkanes of at least 4 members (excludes halogenated alkanes) is 1. The number of ether oxygens (including phenoxy) is 2. The van der Waals surface area contributed by atoms with Gasteiger partial charge < -0.3 is 19.3 Å². The highest BCUT2D eigenvalue weighted by Crippen LogP contribution is 2.33. The number of nitrogens with zero attached hydrogens (tertiary/aromatic N) is 4. The van der Waals surface area contributed by atoms with Crippen molar-refractivity contribution in [2.24, 2.45) is 5.92 Å². The van der Waals surface area contributed by atoms with Gasteiger partial charge in [-0.25, -0.2) is 4.79 Å². The Bertz CT molecular complexity index is 743. The van der Waals surface area contributed by atoms with Crippen LogP contribution in [0.2, 0.25) is 0 Å². The molecule has 0 aliphatic carbocycles. The molecule has 172 valence electrons. The van der Waals surface area contributed by atoms with E-state index in [0.29, 0.717) is 18.3 Å². The van der Waals surface area contributed by atoms with Gasteiger partial charge in [-0.05, 0) is 31.2 Å². The van der Waals surface area contributed by atoms with Crippen LogP contribution in [-0.4, -0.2) is 80.3 Å². The lowest BCUT2D eigenvalue weighted by atomic mass is 9.95. The minimum absolute atomic E-state index is 0.00507. The van der Waals surface area contributed by atoms with E-state index in [9.17, 15) is 14.9 Å². The number of rotatable bonds is 8. The van der Waals surface area contributed by atoms with Crippen molar-refractivity contribution in [3.63, 3.8) is 0 Å². The zero-order chi connectivity index (χ0) is 22.2. The second-order valence-electron chi connectivity index (χ2n) is 8.30. The van der Waals surface area contributed by atoms with Crippen molar-refractivity contribution in [3.8, 4) is 5.75 Å². The lowest BCUT2D eigenvalue weighted by Gasteiger charge is -2.39. The van der Waals surface area contributed by atoms with Crippen LogP contribution < -0.4 is 9.64 Å². The number of piperidine rings is 1. The molecule has 0 N–H and O–H groups in total. The molecule has 1 aromatic carbocycles. The van der Waals surface area contributed by atoms with Gasteiger partial charge in [-0.2, -0.15) is 0 Å². The maximum absolute atomic E-state index is 12.1. The molecular weight excluding hydrogens is 400 g/mol. The first kappa shape index (κ1) is 23.1. The van der Waals surface area contributed by atoms with E-state index in [1.165, 1.54) is 13.2 Å². The molecule has 1 amide bonds. The normalized spacial score (nSPS) is 18.1. The second-order valence-corrected chi connectivity index (χ2v) is 8.30. The first-order chi connectivity index (χ1) is 15.0. The molecule has 0 unspecified atom stereocenters. The first-order valence-electron chi connectivity index (χ1n) is 11.2. The van der Waals surface area contributed by atoms with E-state index in [1.54, 1.807) is 12.1 Å². The van der Waals surface area contributed by atoms with Gasteiger partial charge in [0.2, 0.25) is 0 Å². The van der Waals surface area contributed by atoms with Crippen LogP contribution in [0.5, 0.6) is 5.75 Å². The first-order valence-corrected chi connectivity index (χ1v) is 11.2. The van der Waals surface area contributed by atoms with Gasteiger partial charge in [-0.3, -0.25) is 15.0 Å². The van der Waals surface area contributed by atoms with Gasteiger partial charge in [0.15, 0.2) is 5.75 Å². The summed E-state index contributed by atoms with van der Waals surface area (Å²) in [6.45, 7) is 8.74. The average Bonchev–Trinajstić information content (AvgIpc) is 2.79. The third-order valence-corrected chi connectivity index (χ3v) is 6.21. The lowest BCUT2D eigenvalue weighted by Crippen LogP contribution is -2.50. The Hall–Kier alpha value is -2.55. The topological polar surface area (TPSA) is 88.4 Å². The lowest BCUT2D eigenvalue weighted by molar-refractivity contribution is -0.385. The number of methoxy groups -OCH3 is 1. The van der Waals surface area contributed by atoms with Crippen molar-refractivity contribution in [3.05, 3.63) is 28.3 Å². The van der Waals surface area contributed by atoms with Crippen LogP contribution in [0.15, 0.2) is 18.2 Å². The van der Waals surface area contributed by atoms with Crippen LogP contribution in [0.4, 0.5) is 16.2 Å². The molecule has 2 aliphatic rings. The van der Waals surface area contributed by atoms with Crippen molar-refractivity contribution >= 4 is 17.5 Å². The van der Waals surface area contributed by atoms with E-state index in [2.05, 4.69) is 16.7 Å². The molecule has 0 bridgehead atoms. The van der Waals surface area contributed by atoms with E-state index < -0.39 is 4.92 Å². The summed E-state index contributed by atoms with van der Waals surface area (Å²) in [6, 6.07) is 5.09. The Balaban J connectivity index is 1.42. The molecule has 9 heteroatoms. The molecule has 0 radical (unpaired) electrons. The van der Waals surface area contributed by atoms with Gasteiger partial charge in [0.1, 0.15) is 0 Å². The maximum Gasteiger partial charge on any atom is 0.409 e. The number of hydrogen-bond donors (Lipinski definition) is 0. The number of anilines is 1. The summed E-state index contributed by atoms with van der Waals surface area (Å²) in [7, 11) is 1.46. The number of piperazine rings is 1. The zero-order valence-electron chi connectivity index (χ0n) is 18.6. The van der Waals surface area contributed by atoms with E-state index in [1.807, 2.05) is 4.90 Å². The van der Waals surface area contributed by atoms with Crippen molar-refractivity contribution in [1.29, 1.82) is 0 Å². The standard InChI is InChI=1S/C22H34N4O5/c1-3-4-15-31-22(27)25-13-11-23(12-14-25)17-18-7-9-24(10-8-18)19-5-6-20(26(28)29)21(16-19)30-2/h5-6,16,18H,3-4,7-15,17H2,1-2H3. The highest BCUT2D eigenvalue weighted by molar-refractivity contribution is 5.67. The molecule has 0 saturated carbocycles. The molecule has 31 heavy (non-hydrogen) atoms. The number of hydrogen-bond acceptors (Lipinski definition) is 7. The fourth-order valence-electron chi connectivity index (χ4n) is 4.26. The molecule has 0 aromatic heterocycles. The minimum atomic E-state index is -0.417. The van der Waals surface area contributed by atoms with Crippen molar-refractivity contribution < 1.29 is 19.2 Å². The zero-order valence-corrected chi connectivity index (χ0v) is 18.6. The third kappa shape index (κ3) is 6.22. The summed E-state index contributed by atoms with van der Waals surface area (Å²) < 4.78 is 10.5. The molecule has 1 aromatic rings. The average molecular weight is 435 g/mol. The molecule has 3 rings (SSSR count). The molecule has 2 aliphatic heterocycles. The molecular formula is C22H34N4O5. The van der Waals surface area contributed by atoms with Crippen LogP contribution in [0.25, 0.3) is 0 Å². The van der Waals surface area contributed by atoms with Crippen LogP contribution in [0.3, 0.4) is 0 Å². The number of carbonyl (C=O) groups is 1. The van der Waals surface area contributed by atoms with Crippen molar-refractivity contribution in [2.45, 2.75) is 32.6 Å². The summed E-state index contributed by atoms with van der Waals surface area (Å²) in [5.41, 5.74) is 0.964. The summed E-state index contributed by atoms with van der Waals surface area (Å²) >= 11 is 0. The Labute approximate surface area is 184 Å². The van der Waals surface area contributed by atoms with Crippen LogP contribution in [0, 0.1) is 16.0 Å². The summed E-state index contributed by atoms with van der Waals surface area (Å²) in [6.07, 6.45) is 3.92. The maximum atomic E-state index is 12.1. The van der Waals surface area contributed by atoms with E-state index >= 15 is 0 Å². The van der Waals surface area contributed by atoms with Crippen molar-refractivity contribution in [2.75, 3.05) is 64.4 Å². The quantitative estimate of drug-likeness (QED) is 0.352. The third-order valence-electron chi connectivity index (χ3n) is 6.21. The van der Waals surface area contributed by atoms with Gasteiger partial charge in [-0.1, -0.05) is 13.3 Å². The van der Waals surface area contributed by atoms with Gasteiger partial charge in [0.25, 0.3) is 0 Å². The predicted octanol–water partition coefficient (Wildman–Crippen LogP) is 3.37. The number of benzene rings is 1. The fourth-order valence-corrected chi connectivity index (χ4v) is 4.26. The molecule has 2 saturated heterocycles. The van der Waals surface area contributed by atoms with E-state index in [4.69, 9.17) is 9.47 Å². The van der Waals surface area contributed by atoms with Gasteiger partial charge in [0, 0.05) is 63.6 Å². The molecule has 2 fully saturated rings. The number of amides is 1. The number of carbonyl (C=O) groups excluding carboxylic acids is 1. The minimum Gasteiger partial charge on any atom is -0.490 e. The van der Waals surface area contributed by atoms with E-state index in [-0.39, 0.29) is 11.8 Å². The number of nitro benzene ring substituents is 1. The van der Waals surface area contributed by atoms with E-state index in [0.717, 1.165) is 77.2 Å². The van der Waals surface area contributed by atoms with Gasteiger partial charge in [-0.15, -0.1) is 0 Å². The highest BCUT2D eigenvalue weighted by atomic mass is 16.6. The molecule has 2 heterocycles. The van der Waals surface area contributed by atoms with Crippen LogP contribution in [0.1, 0.15) is 32.6 Å². The Morgan fingerprint density at radius 3 is 2.48 bits per heavy atom. The van der Waals surface area contributed by atoms with Gasteiger partial charge >= 0.3 is 11.8 Å². The predicted molar refractivity (Wildman–Crippen MR) is 119 cm³/mol. The molecule has 0 spiro atoms. The van der Waals surface area contributed by atoms with Crippen LogP contribution in [-0.2, 0) is 4.74 Å². The monoisotopic (exact) mass is 434 g/mol. The summed E-state index contributed by atoms with van der Waals surface area (Å²) in [5.74, 6) is 0.926. The molecule has 0 atom stereocenters. The fraction of sp³-hybridized carbons (Fsp3) is 0.682. The Morgan fingerprint density at radius 1 is 1.16 bits per heavy atom. The summed E-state index contributed by atoms with van der Waals surface area (Å²) in [5, 5.41) is 11.1. The smallest absolute Gasteiger partial charge is 0.409 e. The Morgan fingerprint density at radius 2 is 1.87 bits per heavy atom. The highest BCUT2D eigenvalue weighted by Gasteiger charge is 2.27. The SMILES string of the molecule is CCCCOC(=O)N1CCN(CC2CCN(c3ccc([N+](=O)[O-])c(OC)c3)CC2)CC1. The molecule has 9 nitrogen and oxygen atoms in total. The largest absolute Gasteiger partial charge is 0.490 e.